The summed E-state index contributed by atoms with van der Waals surface area (Å²) in [6.45, 7) is 8.80. The van der Waals surface area contributed by atoms with Crippen LogP contribution in [-0.2, 0) is 15.9 Å². The minimum Gasteiger partial charge on any atom is -0.497 e. The molecule has 1 aliphatic heterocycles. The highest BCUT2D eigenvalue weighted by Crippen LogP contribution is 2.37. The highest BCUT2D eigenvalue weighted by molar-refractivity contribution is 6.63. The van der Waals surface area contributed by atoms with Crippen molar-refractivity contribution in [3.8, 4) is 5.75 Å². The van der Waals surface area contributed by atoms with Gasteiger partial charge < -0.3 is 18.9 Å². The van der Waals surface area contributed by atoms with Crippen LogP contribution in [0.25, 0.3) is 0 Å². The summed E-state index contributed by atoms with van der Waals surface area (Å²) in [6, 6.07) is 12.5. The Morgan fingerprint density at radius 1 is 1.00 bits per heavy atom. The van der Waals surface area contributed by atoms with Crippen LogP contribution >= 0.6 is 0 Å². The van der Waals surface area contributed by atoms with Gasteiger partial charge in [-0.15, -0.1) is 0 Å². The van der Waals surface area contributed by atoms with Crippen molar-refractivity contribution in [3.63, 3.8) is 0 Å². The summed E-state index contributed by atoms with van der Waals surface area (Å²) < 4.78 is 31.1. The number of benzene rings is 2. The Bertz CT molecular complexity index is 792. The van der Waals surface area contributed by atoms with E-state index in [0.717, 1.165) is 22.5 Å². The van der Waals surface area contributed by atoms with Crippen molar-refractivity contribution in [2.24, 2.45) is 0 Å². The second kappa shape index (κ2) is 7.17. The Kier molecular flexibility index (Phi) is 5.23. The van der Waals surface area contributed by atoms with Crippen LogP contribution in [0.5, 0.6) is 5.75 Å². The number of nitrogens with zero attached hydrogens (tertiary/aromatic N) is 1. The number of anilines is 1. The summed E-state index contributed by atoms with van der Waals surface area (Å²) in [6.07, 6.45) is 0. The second-order valence-electron chi connectivity index (χ2n) is 8.00. The first-order valence-electron chi connectivity index (χ1n) is 9.12. The maximum Gasteiger partial charge on any atom is 0.498 e. The summed E-state index contributed by atoms with van der Waals surface area (Å²) in [5.41, 5.74) is 2.09. The van der Waals surface area contributed by atoms with Crippen molar-refractivity contribution in [3.05, 3.63) is 53.8 Å². The molecule has 0 bridgehead atoms. The van der Waals surface area contributed by atoms with Crippen molar-refractivity contribution in [1.29, 1.82) is 0 Å². The molecule has 0 spiro atoms. The quantitative estimate of drug-likeness (QED) is 0.749. The summed E-state index contributed by atoms with van der Waals surface area (Å²) in [5, 5.41) is 0. The summed E-state index contributed by atoms with van der Waals surface area (Å²) in [7, 11) is 3.14. The Morgan fingerprint density at radius 3 is 2.15 bits per heavy atom. The molecule has 0 atom stereocenters. The molecule has 0 N–H and O–H groups in total. The zero-order valence-corrected chi connectivity index (χ0v) is 16.9. The normalized spacial score (nSPS) is 17.8. The van der Waals surface area contributed by atoms with E-state index in [1.165, 1.54) is 12.1 Å². The second-order valence-corrected chi connectivity index (χ2v) is 8.00. The van der Waals surface area contributed by atoms with Gasteiger partial charge in [-0.25, -0.2) is 4.39 Å². The van der Waals surface area contributed by atoms with Gasteiger partial charge in [-0.2, -0.15) is 0 Å². The van der Waals surface area contributed by atoms with Crippen LogP contribution in [0.15, 0.2) is 42.5 Å². The fraction of sp³-hybridized carbons (Fsp3) is 0.429. The summed E-state index contributed by atoms with van der Waals surface area (Å²) >= 11 is 0. The molecule has 1 saturated heterocycles. The number of halogens is 1. The van der Waals surface area contributed by atoms with E-state index in [1.807, 2.05) is 46.9 Å². The molecule has 144 valence electrons. The lowest BCUT2D eigenvalue weighted by molar-refractivity contribution is 0.00578. The molecule has 2 aromatic rings. The summed E-state index contributed by atoms with van der Waals surface area (Å²) in [5.74, 6) is 0.501. The first-order valence-corrected chi connectivity index (χ1v) is 9.12. The van der Waals surface area contributed by atoms with Crippen LogP contribution in [0.3, 0.4) is 0 Å². The number of hydrogen-bond donors (Lipinski definition) is 0. The Morgan fingerprint density at radius 2 is 1.59 bits per heavy atom. The monoisotopic (exact) mass is 371 g/mol. The number of rotatable bonds is 5. The molecule has 3 rings (SSSR count). The average Bonchev–Trinajstić information content (AvgIpc) is 2.83. The van der Waals surface area contributed by atoms with E-state index >= 15 is 0 Å². The van der Waals surface area contributed by atoms with Crippen LogP contribution in [0.4, 0.5) is 10.1 Å². The van der Waals surface area contributed by atoms with Gasteiger partial charge in [0, 0.05) is 24.7 Å². The highest BCUT2D eigenvalue weighted by Gasteiger charge is 2.52. The molecule has 1 heterocycles. The van der Waals surface area contributed by atoms with E-state index in [2.05, 4.69) is 11.0 Å². The molecule has 1 fully saturated rings. The van der Waals surface area contributed by atoms with E-state index in [4.69, 9.17) is 14.0 Å². The lowest BCUT2D eigenvalue weighted by Gasteiger charge is -2.32. The predicted molar refractivity (Wildman–Crippen MR) is 107 cm³/mol. The molecular weight excluding hydrogens is 344 g/mol. The number of ether oxygens (including phenoxy) is 1. The van der Waals surface area contributed by atoms with Crippen LogP contribution in [0, 0.1) is 5.82 Å². The van der Waals surface area contributed by atoms with Gasteiger partial charge in [0.1, 0.15) is 11.6 Å². The Labute approximate surface area is 161 Å². The van der Waals surface area contributed by atoms with Gasteiger partial charge in [0.05, 0.1) is 18.3 Å². The highest BCUT2D eigenvalue weighted by atomic mass is 19.1. The van der Waals surface area contributed by atoms with E-state index in [1.54, 1.807) is 19.2 Å². The maximum absolute atomic E-state index is 13.2. The molecule has 1 aliphatic rings. The Balaban J connectivity index is 1.85. The van der Waals surface area contributed by atoms with Crippen LogP contribution in [0.1, 0.15) is 33.3 Å². The zero-order valence-electron chi connectivity index (χ0n) is 16.9. The van der Waals surface area contributed by atoms with Crippen molar-refractivity contribution in [1.82, 2.24) is 0 Å². The van der Waals surface area contributed by atoms with Crippen LogP contribution in [-0.4, -0.2) is 32.5 Å². The lowest BCUT2D eigenvalue weighted by Crippen LogP contribution is -2.41. The van der Waals surface area contributed by atoms with E-state index < -0.39 is 18.3 Å². The molecule has 0 amide bonds. The molecule has 4 nitrogen and oxygen atoms in total. The topological polar surface area (TPSA) is 30.9 Å². The molecule has 6 heteroatoms. The first-order chi connectivity index (χ1) is 12.6. The third kappa shape index (κ3) is 3.97. The third-order valence-electron chi connectivity index (χ3n) is 5.49. The first kappa shape index (κ1) is 19.7. The predicted octanol–water partition coefficient (Wildman–Crippen LogP) is 3.77. The average molecular weight is 371 g/mol. The van der Waals surface area contributed by atoms with E-state index in [9.17, 15) is 4.39 Å². The minimum atomic E-state index is -0.485. The van der Waals surface area contributed by atoms with Crippen LogP contribution in [0.2, 0.25) is 0 Å². The van der Waals surface area contributed by atoms with Gasteiger partial charge in [0.25, 0.3) is 0 Å². The number of methoxy groups -OCH3 is 1. The van der Waals surface area contributed by atoms with E-state index in [0.29, 0.717) is 6.54 Å². The minimum absolute atomic E-state index is 0.236. The summed E-state index contributed by atoms with van der Waals surface area (Å²) in [4.78, 5) is 2.06. The van der Waals surface area contributed by atoms with Crippen LogP contribution < -0.4 is 15.1 Å². The molecule has 0 aliphatic carbocycles. The van der Waals surface area contributed by atoms with Crippen molar-refractivity contribution >= 4 is 18.3 Å². The van der Waals surface area contributed by atoms with Gasteiger partial charge in [-0.1, -0.05) is 12.1 Å². The van der Waals surface area contributed by atoms with E-state index in [-0.39, 0.29) is 5.82 Å². The molecule has 0 radical (unpaired) electrons. The largest absolute Gasteiger partial charge is 0.498 e. The number of hydrogen-bond acceptors (Lipinski definition) is 4. The van der Waals surface area contributed by atoms with Crippen molar-refractivity contribution in [2.75, 3.05) is 19.1 Å². The fourth-order valence-corrected chi connectivity index (χ4v) is 3.10. The smallest absolute Gasteiger partial charge is 0.497 e. The molecule has 0 aromatic heterocycles. The van der Waals surface area contributed by atoms with Gasteiger partial charge >= 0.3 is 7.12 Å². The SMILES string of the molecule is COc1ccc(CN(C)c2ccc(F)cc2)cc1B1OC(C)(C)C(C)(C)O1. The standard InChI is InChI=1S/C21H27BFNO3/c1-20(2)21(3,4)27-22(26-20)18-13-15(7-12-19(18)25-6)14-24(5)17-10-8-16(23)9-11-17/h7-13H,14H2,1-6H3. The fourth-order valence-electron chi connectivity index (χ4n) is 3.10. The van der Waals surface area contributed by atoms with Crippen molar-refractivity contribution in [2.45, 2.75) is 45.4 Å². The lowest BCUT2D eigenvalue weighted by atomic mass is 9.77. The van der Waals surface area contributed by atoms with Gasteiger partial charge in [0.2, 0.25) is 0 Å². The third-order valence-corrected chi connectivity index (χ3v) is 5.49. The molecule has 27 heavy (non-hydrogen) atoms. The van der Waals surface area contributed by atoms with Gasteiger partial charge in [-0.05, 0) is 63.6 Å². The zero-order chi connectivity index (χ0) is 19.8. The molecule has 0 unspecified atom stereocenters. The van der Waals surface area contributed by atoms with Crippen molar-refractivity contribution < 1.29 is 18.4 Å². The molecule has 0 saturated carbocycles. The van der Waals surface area contributed by atoms with Gasteiger partial charge in [-0.3, -0.25) is 0 Å². The maximum atomic E-state index is 13.2. The van der Waals surface area contributed by atoms with Gasteiger partial charge in [0.15, 0.2) is 0 Å². The molecule has 2 aromatic carbocycles. The Hall–Kier alpha value is -2.05. The molecular formula is C21H27BFNO3.